The van der Waals surface area contributed by atoms with Crippen molar-refractivity contribution in [2.75, 3.05) is 0 Å². The summed E-state index contributed by atoms with van der Waals surface area (Å²) in [6.45, 7) is 17.9. The zero-order valence-corrected chi connectivity index (χ0v) is 44.2. The summed E-state index contributed by atoms with van der Waals surface area (Å²) in [5.41, 5.74) is 15.5. The van der Waals surface area contributed by atoms with Crippen molar-refractivity contribution in [2.45, 2.75) is 79.1 Å². The van der Waals surface area contributed by atoms with Crippen LogP contribution in [0.2, 0.25) is 0 Å². The Hall–Kier alpha value is -7.37. The molecule has 5 nitrogen and oxygen atoms in total. The number of nitrogens with zero attached hydrogens (tertiary/aromatic N) is 4. The van der Waals surface area contributed by atoms with E-state index in [9.17, 15) is 0 Å². The molecule has 0 atom stereocenters. The van der Waals surface area contributed by atoms with Gasteiger partial charge in [0.1, 0.15) is 5.58 Å². The average molecular weight is 1120 g/mol. The molecule has 6 heteroatoms. The SMILES string of the molecule is CC(C)c1cccc(C(C)C)c1-n1c(-c2[c-]cccc2)nc2ccccc21.[2H]c1c([2H])c([2H])c(-c2ccc3cc4c(cc3c2)oc2c(-c3[n-]c5ccccc5[n+]3-c3c(C(C)C)cccc3C(C)C)[c-]ccc24)c([2H])c1[2H].[Ir+3]. The van der Waals surface area contributed by atoms with Crippen molar-refractivity contribution >= 4 is 54.8 Å². The van der Waals surface area contributed by atoms with Crippen LogP contribution in [0.5, 0.6) is 0 Å². The van der Waals surface area contributed by atoms with E-state index in [0.29, 0.717) is 28.6 Å². The number of imidazole rings is 2. The van der Waals surface area contributed by atoms with Crippen LogP contribution < -0.4 is 9.55 Å². The quantitative estimate of drug-likeness (QED) is 0.107. The molecule has 0 bridgehead atoms. The summed E-state index contributed by atoms with van der Waals surface area (Å²) in [6.07, 6.45) is 0. The summed E-state index contributed by atoms with van der Waals surface area (Å²) in [7, 11) is 0. The van der Waals surface area contributed by atoms with Crippen LogP contribution in [0.3, 0.4) is 0 Å². The van der Waals surface area contributed by atoms with Gasteiger partial charge in [0.25, 0.3) is 0 Å². The number of furan rings is 1. The summed E-state index contributed by atoms with van der Waals surface area (Å²) in [5, 5.41) is 3.67. The molecule has 0 aliphatic heterocycles. The number of fused-ring (bicyclic) bond motifs is 6. The third kappa shape index (κ3) is 8.67. The van der Waals surface area contributed by atoms with E-state index in [4.69, 9.17) is 21.2 Å². The van der Waals surface area contributed by atoms with Crippen molar-refractivity contribution in [1.82, 2.24) is 14.5 Å². The topological polar surface area (TPSA) is 48.9 Å². The van der Waals surface area contributed by atoms with Gasteiger partial charge >= 0.3 is 20.1 Å². The molecule has 0 N–H and O–H groups in total. The van der Waals surface area contributed by atoms with Gasteiger partial charge in [0.15, 0.2) is 0 Å². The summed E-state index contributed by atoms with van der Waals surface area (Å²) < 4.78 is 52.6. The summed E-state index contributed by atoms with van der Waals surface area (Å²) >= 11 is 0. The van der Waals surface area contributed by atoms with Crippen molar-refractivity contribution in [3.05, 3.63) is 216 Å². The van der Waals surface area contributed by atoms with Crippen LogP contribution in [0.4, 0.5) is 0 Å². The molecular weight excluding hydrogens is 1060 g/mol. The van der Waals surface area contributed by atoms with Gasteiger partial charge in [-0.15, -0.1) is 54.1 Å². The molecular formula is C66H58IrN4O+. The second kappa shape index (κ2) is 20.0. The minimum Gasteiger partial charge on any atom is -0.501 e. The molecule has 0 aliphatic rings. The monoisotopic (exact) mass is 1120 g/mol. The van der Waals surface area contributed by atoms with Crippen molar-refractivity contribution in [2.24, 2.45) is 0 Å². The molecule has 0 fully saturated rings. The first-order chi connectivity index (χ1) is 36.6. The molecule has 0 aliphatic carbocycles. The third-order valence-electron chi connectivity index (χ3n) is 13.6. The minimum absolute atomic E-state index is 0. The molecule has 0 unspecified atom stereocenters. The van der Waals surface area contributed by atoms with E-state index in [1.54, 1.807) is 0 Å². The van der Waals surface area contributed by atoms with Gasteiger partial charge in [-0.05, 0) is 110 Å². The van der Waals surface area contributed by atoms with Crippen molar-refractivity contribution in [1.29, 1.82) is 0 Å². The van der Waals surface area contributed by atoms with Gasteiger partial charge in [-0.2, -0.15) is 0 Å². The zero-order valence-electron chi connectivity index (χ0n) is 46.8. The maximum absolute atomic E-state index is 8.48. The summed E-state index contributed by atoms with van der Waals surface area (Å²) in [5.74, 6) is 3.13. The molecule has 12 rings (SSSR count). The number of rotatable bonds is 9. The van der Waals surface area contributed by atoms with E-state index in [2.05, 4.69) is 156 Å². The normalized spacial score (nSPS) is 12.7. The van der Waals surface area contributed by atoms with E-state index in [1.165, 1.54) is 27.9 Å². The van der Waals surface area contributed by atoms with Crippen molar-refractivity contribution in [3.63, 3.8) is 0 Å². The van der Waals surface area contributed by atoms with Crippen molar-refractivity contribution in [3.8, 4) is 45.3 Å². The molecule has 72 heavy (non-hydrogen) atoms. The maximum Gasteiger partial charge on any atom is 3.00 e. The van der Waals surface area contributed by atoms with E-state index >= 15 is 0 Å². The van der Waals surface area contributed by atoms with E-state index < -0.39 is 6.04 Å². The fraction of sp³-hybridized carbons (Fsp3) is 0.182. The Morgan fingerprint density at radius 2 is 1.26 bits per heavy atom. The number of benzene rings is 9. The Morgan fingerprint density at radius 1 is 0.597 bits per heavy atom. The van der Waals surface area contributed by atoms with Gasteiger partial charge in [-0.25, -0.2) is 0 Å². The van der Waals surface area contributed by atoms with Gasteiger partial charge in [0.2, 0.25) is 0 Å². The first-order valence-corrected chi connectivity index (χ1v) is 24.7. The molecule has 12 aromatic rings. The Kier molecular flexibility index (Phi) is 11.8. The Bertz CT molecular complexity index is 4130. The number of para-hydroxylation sites is 6. The fourth-order valence-corrected chi connectivity index (χ4v) is 10.1. The largest absolute Gasteiger partial charge is 3.00 e. The smallest absolute Gasteiger partial charge is 0.501 e. The second-order valence-electron chi connectivity index (χ2n) is 19.6. The molecule has 3 aromatic heterocycles. The molecule has 0 radical (unpaired) electrons. The third-order valence-corrected chi connectivity index (χ3v) is 13.6. The number of hydrogen-bond acceptors (Lipinski definition) is 2. The summed E-state index contributed by atoms with van der Waals surface area (Å²) in [6, 6.07) is 56.8. The molecule has 0 saturated heterocycles. The minimum atomic E-state index is -0.405. The van der Waals surface area contributed by atoms with Crippen LogP contribution in [-0.4, -0.2) is 9.55 Å². The molecule has 0 spiro atoms. The van der Waals surface area contributed by atoms with Crippen LogP contribution in [-0.2, 0) is 20.1 Å². The van der Waals surface area contributed by atoms with Gasteiger partial charge in [0, 0.05) is 16.8 Å². The molecule has 0 saturated carbocycles. The van der Waals surface area contributed by atoms with Crippen molar-refractivity contribution < 1.29 is 35.9 Å². The maximum atomic E-state index is 8.48. The number of hydrogen-bond donors (Lipinski definition) is 0. The van der Waals surface area contributed by atoms with Gasteiger partial charge in [-0.3, -0.25) is 9.97 Å². The standard InChI is InChI=1S/C41H33N2O.C25H25N2.Ir/c1-25(2)31-14-10-15-32(26(3)4)39(31)43-37-19-9-8-18-36(37)42-41(43)34-17-11-16-33-35-23-29-21-20-28(27-12-6-5-7-13-27)22-30(29)24-38(35)44-40(33)34;1-17(2)20-13-10-14-21(18(3)4)24(20)27-23-16-9-8-15-22(23)26-25(27)19-11-6-5-7-12-19;/h5-16,18-26H,1-4H3;5-11,13-18H,1-4H3;/q2*-1;+3/i5D,6D,7D,12D,13D;;. The van der Waals surface area contributed by atoms with Gasteiger partial charge in [-0.1, -0.05) is 169 Å². The zero-order chi connectivity index (χ0) is 53.3. The molecule has 3 heterocycles. The van der Waals surface area contributed by atoms with Gasteiger partial charge in [0.05, 0.1) is 46.2 Å². The first-order valence-electron chi connectivity index (χ1n) is 27.2. The van der Waals surface area contributed by atoms with E-state index in [1.807, 2.05) is 72.8 Å². The first kappa shape index (κ1) is 42.3. The Morgan fingerprint density at radius 3 is 1.96 bits per heavy atom. The summed E-state index contributed by atoms with van der Waals surface area (Å²) in [4.78, 5) is 10.2. The van der Waals surface area contributed by atoms with Crippen LogP contribution in [0.15, 0.2) is 186 Å². The van der Waals surface area contributed by atoms with Gasteiger partial charge < -0.3 is 13.6 Å². The van der Waals surface area contributed by atoms with Crippen LogP contribution in [0.25, 0.3) is 100 Å². The average Bonchev–Trinajstić information content (AvgIpc) is 4.13. The Balaban J connectivity index is 0.000000203. The van der Waals surface area contributed by atoms with E-state index in [-0.39, 0.29) is 61.7 Å². The van der Waals surface area contributed by atoms with E-state index in [0.717, 1.165) is 72.1 Å². The van der Waals surface area contributed by atoms with Crippen LogP contribution >= 0.6 is 0 Å². The predicted octanol–water partition coefficient (Wildman–Crippen LogP) is 17.2. The number of aromatic nitrogens is 4. The predicted molar refractivity (Wildman–Crippen MR) is 295 cm³/mol. The Labute approximate surface area is 443 Å². The molecule has 356 valence electrons. The molecule has 9 aromatic carbocycles. The molecule has 0 amide bonds. The van der Waals surface area contributed by atoms with Crippen LogP contribution in [0, 0.1) is 12.1 Å². The second-order valence-corrected chi connectivity index (χ2v) is 19.6. The van der Waals surface area contributed by atoms with Crippen LogP contribution in [0.1, 0.15) is 108 Å². The fourth-order valence-electron chi connectivity index (χ4n) is 10.1.